The van der Waals surface area contributed by atoms with Gasteiger partial charge in [-0.25, -0.2) is 9.97 Å². The molecule has 2 aliphatic rings. The van der Waals surface area contributed by atoms with Crippen molar-refractivity contribution < 1.29 is 19.1 Å². The van der Waals surface area contributed by atoms with Crippen molar-refractivity contribution in [2.75, 3.05) is 20.8 Å². The maximum absolute atomic E-state index is 11.6. The zero-order valence-corrected chi connectivity index (χ0v) is 28.7. The van der Waals surface area contributed by atoms with E-state index >= 15 is 0 Å². The summed E-state index contributed by atoms with van der Waals surface area (Å²) in [5.41, 5.74) is 5.94. The predicted molar refractivity (Wildman–Crippen MR) is 187 cm³/mol. The second-order valence-corrected chi connectivity index (χ2v) is 13.1. The van der Waals surface area contributed by atoms with Crippen LogP contribution in [-0.4, -0.2) is 53.4 Å². The standard InChI is InChI=1S/C37H39Cl2N5O4/c1-47-36-23(20-40-19-22-12-15-25(45)18-22)13-16-30(43-36)28-9-4-7-26(34(28)38)27-8-5-10-29(35(27)39)32-21-41-31(37(44-32)48-2)11-3-6-24-14-17-33(46)42-24/h4-5,7-10,13,16,21-22,24,40H,3,6,11-12,14-15,17-20H2,1-2H3,(H,42,46)/t22-,24-/m1/s1. The maximum atomic E-state index is 11.6. The van der Waals surface area contributed by atoms with Crippen LogP contribution in [0.4, 0.5) is 0 Å². The van der Waals surface area contributed by atoms with Crippen molar-refractivity contribution in [1.29, 1.82) is 0 Å². The third-order valence-corrected chi connectivity index (χ3v) is 9.94. The van der Waals surface area contributed by atoms with Crippen LogP contribution in [0, 0.1) is 5.92 Å². The number of pyridine rings is 1. The Labute approximate surface area is 290 Å². The number of Topliss-reactive ketones (excluding diaryl/α,β-unsaturated/α-hetero) is 1. The molecule has 6 rings (SSSR count). The van der Waals surface area contributed by atoms with E-state index in [1.54, 1.807) is 20.4 Å². The number of methoxy groups -OCH3 is 2. The summed E-state index contributed by atoms with van der Waals surface area (Å²) in [5.74, 6) is 1.83. The van der Waals surface area contributed by atoms with Gasteiger partial charge in [-0.1, -0.05) is 65.7 Å². The molecular formula is C37H39Cl2N5O4. The van der Waals surface area contributed by atoms with Gasteiger partial charge in [0.2, 0.25) is 17.7 Å². The molecule has 2 fully saturated rings. The van der Waals surface area contributed by atoms with E-state index in [-0.39, 0.29) is 11.9 Å². The summed E-state index contributed by atoms with van der Waals surface area (Å²) >= 11 is 14.1. The minimum atomic E-state index is 0.124. The van der Waals surface area contributed by atoms with Crippen molar-refractivity contribution in [1.82, 2.24) is 25.6 Å². The molecule has 2 aromatic carbocycles. The molecule has 1 saturated heterocycles. The quantitative estimate of drug-likeness (QED) is 0.151. The molecule has 2 atom stereocenters. The van der Waals surface area contributed by atoms with Gasteiger partial charge < -0.3 is 20.1 Å². The zero-order valence-electron chi connectivity index (χ0n) is 27.2. The van der Waals surface area contributed by atoms with Crippen LogP contribution in [0.1, 0.15) is 56.2 Å². The number of halogens is 2. The number of aryl methyl sites for hydroxylation is 1. The minimum absolute atomic E-state index is 0.124. The second kappa shape index (κ2) is 15.4. The molecule has 48 heavy (non-hydrogen) atoms. The fourth-order valence-corrected chi connectivity index (χ4v) is 7.20. The number of nitrogens with one attached hydrogen (secondary N) is 2. The highest BCUT2D eigenvalue weighted by Gasteiger charge is 2.23. The van der Waals surface area contributed by atoms with Crippen LogP contribution in [0.5, 0.6) is 11.8 Å². The lowest BCUT2D eigenvalue weighted by Gasteiger charge is -2.16. The van der Waals surface area contributed by atoms with E-state index in [0.717, 1.165) is 60.2 Å². The summed E-state index contributed by atoms with van der Waals surface area (Å²) < 4.78 is 11.3. The van der Waals surface area contributed by atoms with Gasteiger partial charge in [0.25, 0.3) is 0 Å². The molecule has 0 radical (unpaired) electrons. The summed E-state index contributed by atoms with van der Waals surface area (Å²) in [4.78, 5) is 37.4. The summed E-state index contributed by atoms with van der Waals surface area (Å²) in [7, 11) is 3.19. The van der Waals surface area contributed by atoms with E-state index in [1.807, 2.05) is 48.5 Å². The average Bonchev–Trinajstić information content (AvgIpc) is 3.72. The largest absolute Gasteiger partial charge is 0.481 e. The SMILES string of the molecule is COc1nc(-c2cccc(-c3cccc(-c4cnc(CCC[C@@H]5CCC(=O)N5)c(OC)n4)c3Cl)c2Cl)ccc1CNC[C@@H]1CCC(=O)C1. The highest BCUT2D eigenvalue weighted by Crippen LogP contribution is 2.42. The fourth-order valence-electron chi connectivity index (χ4n) is 6.55. The molecule has 0 bridgehead atoms. The molecule has 2 aromatic heterocycles. The van der Waals surface area contributed by atoms with Crippen molar-refractivity contribution in [2.24, 2.45) is 5.92 Å². The van der Waals surface area contributed by atoms with E-state index < -0.39 is 0 Å². The van der Waals surface area contributed by atoms with Crippen molar-refractivity contribution in [3.8, 4) is 45.4 Å². The summed E-state index contributed by atoms with van der Waals surface area (Å²) in [5, 5.41) is 7.48. The molecule has 1 aliphatic heterocycles. The van der Waals surface area contributed by atoms with Gasteiger partial charge in [0.15, 0.2) is 0 Å². The van der Waals surface area contributed by atoms with Crippen molar-refractivity contribution in [3.63, 3.8) is 0 Å². The predicted octanol–water partition coefficient (Wildman–Crippen LogP) is 7.26. The van der Waals surface area contributed by atoms with Crippen LogP contribution in [-0.2, 0) is 22.6 Å². The number of nitrogens with zero attached hydrogens (tertiary/aromatic N) is 3. The molecule has 4 aromatic rings. The first-order valence-electron chi connectivity index (χ1n) is 16.4. The summed E-state index contributed by atoms with van der Waals surface area (Å²) in [6.45, 7) is 1.38. The lowest BCUT2D eigenvalue weighted by atomic mass is 9.98. The zero-order chi connectivity index (χ0) is 33.6. The summed E-state index contributed by atoms with van der Waals surface area (Å²) in [6.07, 6.45) is 7.92. The number of carbonyl (C=O) groups is 2. The number of ketones is 1. The highest BCUT2D eigenvalue weighted by atomic mass is 35.5. The van der Waals surface area contributed by atoms with Crippen LogP contribution in [0.2, 0.25) is 10.0 Å². The van der Waals surface area contributed by atoms with Gasteiger partial charge in [-0.2, -0.15) is 0 Å². The van der Waals surface area contributed by atoms with Crippen molar-refractivity contribution >= 4 is 34.9 Å². The number of hydrogen-bond donors (Lipinski definition) is 2. The minimum Gasteiger partial charge on any atom is -0.481 e. The van der Waals surface area contributed by atoms with Crippen LogP contribution in [0.3, 0.4) is 0 Å². The lowest BCUT2D eigenvalue weighted by Crippen LogP contribution is -2.25. The normalized spacial score (nSPS) is 17.5. The number of aromatic nitrogens is 3. The second-order valence-electron chi connectivity index (χ2n) is 12.4. The van der Waals surface area contributed by atoms with Crippen molar-refractivity contribution in [3.05, 3.63) is 76.0 Å². The van der Waals surface area contributed by atoms with Crippen LogP contribution >= 0.6 is 23.2 Å². The molecule has 11 heteroatoms. The van der Waals surface area contributed by atoms with E-state index in [4.69, 9.17) is 42.6 Å². The number of rotatable bonds is 13. The molecule has 3 heterocycles. The molecule has 250 valence electrons. The van der Waals surface area contributed by atoms with Crippen molar-refractivity contribution in [2.45, 2.75) is 64.0 Å². The number of carbonyl (C=O) groups excluding carboxylic acids is 2. The van der Waals surface area contributed by atoms with Gasteiger partial charge >= 0.3 is 0 Å². The summed E-state index contributed by atoms with van der Waals surface area (Å²) in [6, 6.07) is 15.7. The van der Waals surface area contributed by atoms with E-state index in [1.165, 1.54) is 0 Å². The molecular weight excluding hydrogens is 649 g/mol. The number of benzene rings is 2. The highest BCUT2D eigenvalue weighted by molar-refractivity contribution is 6.39. The molecule has 0 unspecified atom stereocenters. The average molecular weight is 689 g/mol. The van der Waals surface area contributed by atoms with Crippen LogP contribution < -0.4 is 20.1 Å². The molecule has 9 nitrogen and oxygen atoms in total. The fraction of sp³-hybridized carbons (Fsp3) is 0.378. The third-order valence-electron chi connectivity index (χ3n) is 9.12. The Morgan fingerprint density at radius 3 is 2.19 bits per heavy atom. The first-order chi connectivity index (χ1) is 23.3. The Kier molecular flexibility index (Phi) is 10.9. The number of hydrogen-bond acceptors (Lipinski definition) is 8. The van der Waals surface area contributed by atoms with Gasteiger partial charge in [0.1, 0.15) is 11.5 Å². The molecule has 2 N–H and O–H groups in total. The number of ether oxygens (including phenoxy) is 2. The smallest absolute Gasteiger partial charge is 0.235 e. The van der Waals surface area contributed by atoms with Gasteiger partial charge in [0.05, 0.1) is 41.8 Å². The molecule has 1 saturated carbocycles. The topological polar surface area (TPSA) is 115 Å². The van der Waals surface area contributed by atoms with Gasteiger partial charge in [-0.3, -0.25) is 14.6 Å². The van der Waals surface area contributed by atoms with E-state index in [2.05, 4.69) is 15.6 Å². The van der Waals surface area contributed by atoms with Gasteiger partial charge in [-0.15, -0.1) is 0 Å². The Balaban J connectivity index is 1.20. The number of amides is 1. The van der Waals surface area contributed by atoms with Crippen LogP contribution in [0.25, 0.3) is 33.6 Å². The lowest BCUT2D eigenvalue weighted by molar-refractivity contribution is -0.119. The molecule has 0 spiro atoms. The Bertz CT molecular complexity index is 1690. The molecule has 1 aliphatic carbocycles. The first-order valence-corrected chi connectivity index (χ1v) is 17.1. The first kappa shape index (κ1) is 33.8. The maximum Gasteiger partial charge on any atom is 0.235 e. The van der Waals surface area contributed by atoms with E-state index in [0.29, 0.717) is 82.7 Å². The molecule has 1 amide bonds. The van der Waals surface area contributed by atoms with E-state index in [9.17, 15) is 9.59 Å². The van der Waals surface area contributed by atoms with Gasteiger partial charge in [0, 0.05) is 59.7 Å². The Morgan fingerprint density at radius 1 is 0.854 bits per heavy atom. The Hall–Kier alpha value is -4.05. The monoisotopic (exact) mass is 687 g/mol. The Morgan fingerprint density at radius 2 is 1.54 bits per heavy atom. The van der Waals surface area contributed by atoms with Gasteiger partial charge in [-0.05, 0) is 50.6 Å². The van der Waals surface area contributed by atoms with Crippen LogP contribution in [0.15, 0.2) is 54.7 Å². The third kappa shape index (κ3) is 7.64.